The molecular formula is C10H13ClS. The van der Waals surface area contributed by atoms with Crippen LogP contribution in [0.1, 0.15) is 30.7 Å². The Morgan fingerprint density at radius 2 is 2.08 bits per heavy atom. The second kappa shape index (κ2) is 2.27. The molecule has 1 saturated carbocycles. The zero-order valence-corrected chi connectivity index (χ0v) is 9.22. The van der Waals surface area contributed by atoms with Crippen molar-refractivity contribution in [2.45, 2.75) is 32.1 Å². The highest BCUT2D eigenvalue weighted by molar-refractivity contribution is 7.10. The Morgan fingerprint density at radius 1 is 1.50 bits per heavy atom. The largest absolute Gasteiger partial charge is 0.147 e. The minimum atomic E-state index is -0.0503. The zero-order valence-electron chi connectivity index (χ0n) is 7.65. The first-order chi connectivity index (χ1) is 5.47. The average Bonchev–Trinajstić information content (AvgIpc) is 2.36. The van der Waals surface area contributed by atoms with Crippen LogP contribution in [0.2, 0.25) is 0 Å². The Morgan fingerprint density at radius 3 is 2.42 bits per heavy atom. The Kier molecular flexibility index (Phi) is 1.62. The van der Waals surface area contributed by atoms with Gasteiger partial charge in [0.25, 0.3) is 0 Å². The summed E-state index contributed by atoms with van der Waals surface area (Å²) < 4.78 is 0. The summed E-state index contributed by atoms with van der Waals surface area (Å²) in [6.45, 7) is 6.61. The summed E-state index contributed by atoms with van der Waals surface area (Å²) in [5, 5.41) is 2.13. The molecule has 0 radical (unpaired) electrons. The van der Waals surface area contributed by atoms with Crippen molar-refractivity contribution in [2.75, 3.05) is 0 Å². The van der Waals surface area contributed by atoms with E-state index in [1.165, 1.54) is 10.4 Å². The number of halogens is 1. The third kappa shape index (κ3) is 0.961. The molecule has 0 saturated heterocycles. The summed E-state index contributed by atoms with van der Waals surface area (Å²) >= 11 is 8.31. The van der Waals surface area contributed by atoms with Crippen LogP contribution >= 0.6 is 22.9 Å². The van der Waals surface area contributed by atoms with Gasteiger partial charge in [0.2, 0.25) is 0 Å². The van der Waals surface area contributed by atoms with Gasteiger partial charge in [0, 0.05) is 4.88 Å². The predicted molar refractivity (Wildman–Crippen MR) is 55.0 cm³/mol. The predicted octanol–water partition coefficient (Wildman–Crippen LogP) is 3.92. The highest BCUT2D eigenvalue weighted by Crippen LogP contribution is 2.68. The number of thiophene rings is 1. The summed E-state index contributed by atoms with van der Waals surface area (Å²) in [6, 6.07) is 2.15. The van der Waals surface area contributed by atoms with Crippen molar-refractivity contribution >= 4 is 22.9 Å². The van der Waals surface area contributed by atoms with E-state index in [1.54, 1.807) is 11.3 Å². The molecule has 1 aromatic rings. The number of aryl methyl sites for hydroxylation is 1. The first-order valence-corrected chi connectivity index (χ1v) is 5.47. The van der Waals surface area contributed by atoms with Crippen LogP contribution in [0, 0.1) is 12.3 Å². The van der Waals surface area contributed by atoms with Crippen molar-refractivity contribution in [3.63, 3.8) is 0 Å². The molecule has 0 bridgehead atoms. The maximum atomic E-state index is 6.52. The molecule has 1 aromatic heterocycles. The van der Waals surface area contributed by atoms with E-state index >= 15 is 0 Å². The molecule has 0 aromatic carbocycles. The maximum Gasteiger partial charge on any atom is 0.0847 e. The van der Waals surface area contributed by atoms with E-state index in [2.05, 4.69) is 32.2 Å². The molecule has 1 unspecified atom stereocenters. The molecule has 66 valence electrons. The summed E-state index contributed by atoms with van der Waals surface area (Å²) in [4.78, 5) is 1.32. The number of alkyl halides is 1. The first-order valence-electron chi connectivity index (χ1n) is 4.21. The van der Waals surface area contributed by atoms with E-state index in [1.807, 2.05) is 0 Å². The number of rotatable bonds is 1. The molecule has 0 N–H and O–H groups in total. The summed E-state index contributed by atoms with van der Waals surface area (Å²) in [6.07, 6.45) is 1.11. The van der Waals surface area contributed by atoms with E-state index in [4.69, 9.17) is 11.6 Å². The van der Waals surface area contributed by atoms with Crippen molar-refractivity contribution in [1.82, 2.24) is 0 Å². The highest BCUT2D eigenvalue weighted by Gasteiger charge is 2.62. The topological polar surface area (TPSA) is 0 Å². The lowest BCUT2D eigenvalue weighted by Crippen LogP contribution is -2.04. The van der Waals surface area contributed by atoms with E-state index < -0.39 is 0 Å². The zero-order chi connectivity index (χ0) is 8.98. The van der Waals surface area contributed by atoms with Crippen molar-refractivity contribution in [1.29, 1.82) is 0 Å². The summed E-state index contributed by atoms with van der Waals surface area (Å²) in [5.74, 6) is 0. The molecule has 12 heavy (non-hydrogen) atoms. The third-order valence-electron chi connectivity index (χ3n) is 2.86. The van der Waals surface area contributed by atoms with Crippen LogP contribution in [-0.4, -0.2) is 0 Å². The van der Waals surface area contributed by atoms with Gasteiger partial charge in [-0.25, -0.2) is 0 Å². The number of hydrogen-bond acceptors (Lipinski definition) is 1. The monoisotopic (exact) mass is 200 g/mol. The molecule has 0 nitrogen and oxygen atoms in total. The summed E-state index contributed by atoms with van der Waals surface area (Å²) in [7, 11) is 0. The van der Waals surface area contributed by atoms with E-state index in [-0.39, 0.29) is 4.87 Å². The van der Waals surface area contributed by atoms with E-state index in [0.717, 1.165) is 6.42 Å². The van der Waals surface area contributed by atoms with Crippen LogP contribution in [0.4, 0.5) is 0 Å². The fourth-order valence-electron chi connectivity index (χ4n) is 1.73. The second-order valence-corrected chi connectivity index (χ2v) is 5.86. The maximum absolute atomic E-state index is 6.52. The lowest BCUT2D eigenvalue weighted by molar-refractivity contribution is 0.598. The Bertz CT molecular complexity index is 313. The van der Waals surface area contributed by atoms with Crippen LogP contribution in [0.3, 0.4) is 0 Å². The van der Waals surface area contributed by atoms with Gasteiger partial charge < -0.3 is 0 Å². The van der Waals surface area contributed by atoms with Crippen LogP contribution in [0.25, 0.3) is 0 Å². The quantitative estimate of drug-likeness (QED) is 0.603. The van der Waals surface area contributed by atoms with E-state index in [9.17, 15) is 0 Å². The minimum Gasteiger partial charge on any atom is -0.147 e. The van der Waals surface area contributed by atoms with Crippen LogP contribution in [0.5, 0.6) is 0 Å². The third-order valence-corrected chi connectivity index (χ3v) is 4.98. The fourth-order valence-corrected chi connectivity index (χ4v) is 3.55. The van der Waals surface area contributed by atoms with Gasteiger partial charge in [0.1, 0.15) is 0 Å². The SMILES string of the molecule is Cc1ccsc1C1(Cl)CC1(C)C. The molecule has 1 fully saturated rings. The first kappa shape index (κ1) is 8.58. The molecule has 1 aliphatic rings. The second-order valence-electron chi connectivity index (χ2n) is 4.29. The molecule has 0 amide bonds. The van der Waals surface area contributed by atoms with Gasteiger partial charge in [-0.2, -0.15) is 0 Å². The molecular weight excluding hydrogens is 188 g/mol. The smallest absolute Gasteiger partial charge is 0.0847 e. The lowest BCUT2D eigenvalue weighted by atomic mass is 10.1. The molecule has 2 heteroatoms. The van der Waals surface area contributed by atoms with Crippen molar-refractivity contribution in [3.05, 3.63) is 21.9 Å². The van der Waals surface area contributed by atoms with Crippen LogP contribution in [0.15, 0.2) is 11.4 Å². The van der Waals surface area contributed by atoms with Gasteiger partial charge in [-0.3, -0.25) is 0 Å². The van der Waals surface area contributed by atoms with Crippen molar-refractivity contribution < 1.29 is 0 Å². The minimum absolute atomic E-state index is 0.0503. The lowest BCUT2D eigenvalue weighted by Gasteiger charge is -2.11. The van der Waals surface area contributed by atoms with Gasteiger partial charge in [-0.1, -0.05) is 13.8 Å². The molecule has 0 spiro atoms. The highest BCUT2D eigenvalue weighted by atomic mass is 35.5. The molecule has 1 atom stereocenters. The Hall–Kier alpha value is -0.0100. The Balaban J connectivity index is 2.40. The van der Waals surface area contributed by atoms with Crippen molar-refractivity contribution in [3.8, 4) is 0 Å². The van der Waals surface area contributed by atoms with Gasteiger partial charge in [-0.15, -0.1) is 22.9 Å². The van der Waals surface area contributed by atoms with Gasteiger partial charge in [0.15, 0.2) is 0 Å². The molecule has 1 heterocycles. The standard InChI is InChI=1S/C10H13ClS/c1-7-4-5-12-8(7)10(11)6-9(10,2)3/h4-5H,6H2,1-3H3. The van der Waals surface area contributed by atoms with Gasteiger partial charge >= 0.3 is 0 Å². The molecule has 0 aliphatic heterocycles. The Labute approximate surface area is 82.6 Å². The molecule has 1 aliphatic carbocycles. The van der Waals surface area contributed by atoms with Crippen LogP contribution < -0.4 is 0 Å². The normalized spacial score (nSPS) is 32.0. The van der Waals surface area contributed by atoms with Gasteiger partial charge in [-0.05, 0) is 35.8 Å². The summed E-state index contributed by atoms with van der Waals surface area (Å²) in [5.41, 5.74) is 1.64. The fraction of sp³-hybridized carbons (Fsp3) is 0.600. The average molecular weight is 201 g/mol. The number of hydrogen-bond donors (Lipinski definition) is 0. The van der Waals surface area contributed by atoms with Gasteiger partial charge in [0.05, 0.1) is 4.87 Å². The molecule has 2 rings (SSSR count). The van der Waals surface area contributed by atoms with Crippen molar-refractivity contribution in [2.24, 2.45) is 5.41 Å². The van der Waals surface area contributed by atoms with Crippen LogP contribution in [-0.2, 0) is 4.87 Å². The van der Waals surface area contributed by atoms with E-state index in [0.29, 0.717) is 5.41 Å².